The molecule has 1 rings (SSSR count). The molecule has 0 heterocycles. The molecule has 0 fully saturated rings. The van der Waals surface area contributed by atoms with E-state index in [4.69, 9.17) is 9.11 Å². The summed E-state index contributed by atoms with van der Waals surface area (Å²) in [6.45, 7) is 0. The van der Waals surface area contributed by atoms with E-state index >= 15 is 0 Å². The third-order valence-electron chi connectivity index (χ3n) is 1.70. The maximum Gasteiger partial charge on any atom is 0.295 e. The Balaban J connectivity index is 0. The second-order valence-electron chi connectivity index (χ2n) is 2.74. The Morgan fingerprint density at radius 1 is 0.889 bits per heavy atom. The van der Waals surface area contributed by atoms with Gasteiger partial charge in [0.05, 0.1) is 5.56 Å². The molecule has 0 unspecified atom stereocenters. The Kier molecular flexibility index (Phi) is 8.73. The first kappa shape index (κ1) is 21.0. The molecular formula is C7H6Na2O7S2. The summed E-state index contributed by atoms with van der Waals surface area (Å²) in [6.07, 6.45) is -0.0772. The van der Waals surface area contributed by atoms with E-state index < -0.39 is 35.6 Å². The summed E-state index contributed by atoms with van der Waals surface area (Å²) in [5.74, 6) is 0. The van der Waals surface area contributed by atoms with Crippen LogP contribution in [0.4, 0.5) is 0 Å². The summed E-state index contributed by atoms with van der Waals surface area (Å²) in [7, 11) is -9.47. The molecule has 0 spiro atoms. The fourth-order valence-corrected chi connectivity index (χ4v) is 2.53. The van der Waals surface area contributed by atoms with Gasteiger partial charge in [-0.2, -0.15) is 16.8 Å². The van der Waals surface area contributed by atoms with E-state index in [2.05, 4.69) is 0 Å². The Labute approximate surface area is 148 Å². The van der Waals surface area contributed by atoms with Gasteiger partial charge in [-0.25, -0.2) is 0 Å². The van der Waals surface area contributed by atoms with Crippen LogP contribution in [0.15, 0.2) is 28.0 Å². The molecular weight excluding hydrogens is 306 g/mol. The zero-order valence-corrected chi connectivity index (χ0v) is 15.2. The second-order valence-corrected chi connectivity index (χ2v) is 5.52. The van der Waals surface area contributed by atoms with Gasteiger partial charge in [0.2, 0.25) is 0 Å². The summed E-state index contributed by atoms with van der Waals surface area (Å²) >= 11 is 0. The number of hydrogen-bond donors (Lipinski definition) is 2. The number of hydrogen-bond acceptors (Lipinski definition) is 5. The SMILES string of the molecule is O=Cc1c(S(=O)(=O)O)cccc1S(=O)(=O)O.[Na].[Na]. The van der Waals surface area contributed by atoms with Gasteiger partial charge >= 0.3 is 0 Å². The molecule has 0 aliphatic rings. The normalized spacial score (nSPS) is 11.0. The van der Waals surface area contributed by atoms with Crippen molar-refractivity contribution in [1.29, 1.82) is 0 Å². The Hall–Kier alpha value is 0.710. The van der Waals surface area contributed by atoms with Gasteiger partial charge < -0.3 is 0 Å². The molecule has 2 radical (unpaired) electrons. The van der Waals surface area contributed by atoms with Crippen LogP contribution >= 0.6 is 0 Å². The quantitative estimate of drug-likeness (QED) is 0.426. The van der Waals surface area contributed by atoms with Crippen molar-refractivity contribution in [3.63, 3.8) is 0 Å². The smallest absolute Gasteiger partial charge is 0.295 e. The van der Waals surface area contributed by atoms with Crippen molar-refractivity contribution in [2.45, 2.75) is 9.79 Å². The standard InChI is InChI=1S/C7H6O7S2.2Na/c8-4-5-6(15(9,10)11)2-1-3-7(5)16(12,13)14;;/h1-4H,(H,9,10,11)(H,12,13,14);;. The van der Waals surface area contributed by atoms with Gasteiger partial charge in [0.15, 0.2) is 6.29 Å². The van der Waals surface area contributed by atoms with E-state index in [1.165, 1.54) is 0 Å². The molecule has 0 bridgehead atoms. The third kappa shape index (κ3) is 5.00. The average Bonchev–Trinajstić information content (AvgIpc) is 2.13. The van der Waals surface area contributed by atoms with E-state index in [1.54, 1.807) is 0 Å². The van der Waals surface area contributed by atoms with E-state index in [-0.39, 0.29) is 65.4 Å². The first-order valence-corrected chi connectivity index (χ1v) is 6.59. The zero-order valence-electron chi connectivity index (χ0n) is 9.56. The van der Waals surface area contributed by atoms with Crippen molar-refractivity contribution in [1.82, 2.24) is 0 Å². The summed E-state index contributed by atoms with van der Waals surface area (Å²) in [4.78, 5) is 8.84. The maximum atomic E-state index is 10.8. The summed E-state index contributed by atoms with van der Waals surface area (Å²) in [5.41, 5.74) is -0.812. The Morgan fingerprint density at radius 2 is 1.22 bits per heavy atom. The summed E-state index contributed by atoms with van der Waals surface area (Å²) in [6, 6.07) is 2.65. The van der Waals surface area contributed by atoms with Crippen LogP contribution in [-0.2, 0) is 20.2 Å². The molecule has 0 amide bonds. The molecule has 0 saturated heterocycles. The Morgan fingerprint density at radius 3 is 1.44 bits per heavy atom. The van der Waals surface area contributed by atoms with Gasteiger partial charge in [-0.3, -0.25) is 13.9 Å². The first-order chi connectivity index (χ1) is 7.18. The Bertz CT molecular complexity index is 586. The van der Waals surface area contributed by atoms with E-state index in [0.717, 1.165) is 18.2 Å². The zero-order chi connectivity index (χ0) is 12.6. The third-order valence-corrected chi connectivity index (χ3v) is 3.52. The molecule has 11 heteroatoms. The molecule has 7 nitrogen and oxygen atoms in total. The number of carbonyl (C=O) groups excluding carboxylic acids is 1. The van der Waals surface area contributed by atoms with Gasteiger partial charge in [-0.1, -0.05) is 6.07 Å². The average molecular weight is 312 g/mol. The second kappa shape index (κ2) is 7.48. The monoisotopic (exact) mass is 312 g/mol. The number of benzene rings is 1. The molecule has 0 aliphatic heterocycles. The topological polar surface area (TPSA) is 126 Å². The molecule has 90 valence electrons. The summed E-state index contributed by atoms with van der Waals surface area (Å²) < 4.78 is 60.7. The minimum absolute atomic E-state index is 0. The van der Waals surface area contributed by atoms with Crippen LogP contribution < -0.4 is 0 Å². The van der Waals surface area contributed by atoms with Crippen molar-refractivity contribution < 1.29 is 30.7 Å². The fraction of sp³-hybridized carbons (Fsp3) is 0. The van der Waals surface area contributed by atoms with Crippen molar-refractivity contribution in [3.8, 4) is 0 Å². The minimum Gasteiger partial charge on any atom is -0.298 e. The van der Waals surface area contributed by atoms with E-state index in [1.807, 2.05) is 0 Å². The van der Waals surface area contributed by atoms with Crippen molar-refractivity contribution in [3.05, 3.63) is 23.8 Å². The molecule has 0 atom stereocenters. The fourth-order valence-electron chi connectivity index (χ4n) is 1.09. The van der Waals surface area contributed by atoms with Gasteiger partial charge in [0.1, 0.15) is 9.79 Å². The number of aldehydes is 1. The van der Waals surface area contributed by atoms with E-state index in [0.29, 0.717) is 0 Å². The van der Waals surface area contributed by atoms with Gasteiger partial charge in [0, 0.05) is 59.1 Å². The van der Waals surface area contributed by atoms with Crippen LogP contribution in [0.3, 0.4) is 0 Å². The van der Waals surface area contributed by atoms with Gasteiger partial charge in [-0.05, 0) is 12.1 Å². The van der Waals surface area contributed by atoms with Crippen molar-refractivity contribution in [2.75, 3.05) is 0 Å². The summed E-state index contributed by atoms with van der Waals surface area (Å²) in [5, 5.41) is 0. The van der Waals surface area contributed by atoms with Crippen LogP contribution in [0, 0.1) is 0 Å². The molecule has 2 N–H and O–H groups in total. The van der Waals surface area contributed by atoms with E-state index in [9.17, 15) is 21.6 Å². The van der Waals surface area contributed by atoms with Crippen LogP contribution in [0.2, 0.25) is 0 Å². The maximum absolute atomic E-state index is 10.8. The van der Waals surface area contributed by atoms with Crippen LogP contribution in [0.25, 0.3) is 0 Å². The van der Waals surface area contributed by atoms with Gasteiger partial charge in [-0.15, -0.1) is 0 Å². The predicted octanol–water partition coefficient (Wildman–Crippen LogP) is -0.769. The predicted molar refractivity (Wildman–Crippen MR) is 63.0 cm³/mol. The number of rotatable bonds is 3. The molecule has 1 aromatic rings. The van der Waals surface area contributed by atoms with Crippen LogP contribution in [-0.4, -0.2) is 91.3 Å². The molecule has 0 saturated carbocycles. The molecule has 0 aromatic heterocycles. The largest absolute Gasteiger partial charge is 0.298 e. The van der Waals surface area contributed by atoms with Gasteiger partial charge in [0.25, 0.3) is 20.2 Å². The van der Waals surface area contributed by atoms with Crippen molar-refractivity contribution >= 4 is 85.6 Å². The first-order valence-electron chi connectivity index (χ1n) is 3.71. The molecule has 18 heavy (non-hydrogen) atoms. The van der Waals surface area contributed by atoms with Crippen molar-refractivity contribution in [2.24, 2.45) is 0 Å². The number of carbonyl (C=O) groups is 1. The molecule has 1 aromatic carbocycles. The molecule has 0 aliphatic carbocycles. The van der Waals surface area contributed by atoms with Crippen LogP contribution in [0.1, 0.15) is 10.4 Å². The minimum atomic E-state index is -4.74. The van der Waals surface area contributed by atoms with Crippen LogP contribution in [0.5, 0.6) is 0 Å².